The SMILES string of the molecule is Cc1ccc(C(=O)O)cc1S(=O)(=O)N1CCCCO1. The van der Waals surface area contributed by atoms with Crippen LogP contribution in [0.4, 0.5) is 0 Å². The minimum Gasteiger partial charge on any atom is -0.478 e. The first-order chi connectivity index (χ1) is 8.93. The predicted molar refractivity (Wildman–Crippen MR) is 67.2 cm³/mol. The van der Waals surface area contributed by atoms with Crippen LogP contribution in [0.3, 0.4) is 0 Å². The summed E-state index contributed by atoms with van der Waals surface area (Å²) in [5, 5.41) is 8.94. The van der Waals surface area contributed by atoms with Crippen LogP contribution in [0.5, 0.6) is 0 Å². The lowest BCUT2D eigenvalue weighted by atomic mass is 10.1. The van der Waals surface area contributed by atoms with Gasteiger partial charge in [0.05, 0.1) is 17.1 Å². The molecule has 1 aromatic carbocycles. The van der Waals surface area contributed by atoms with Crippen LogP contribution in [0.25, 0.3) is 0 Å². The highest BCUT2D eigenvalue weighted by Crippen LogP contribution is 2.23. The molecule has 1 aromatic rings. The van der Waals surface area contributed by atoms with E-state index in [0.717, 1.165) is 17.3 Å². The molecule has 0 bridgehead atoms. The second-order valence-corrected chi connectivity index (χ2v) is 6.15. The number of hydroxylamine groups is 1. The maximum absolute atomic E-state index is 12.4. The van der Waals surface area contributed by atoms with E-state index in [1.807, 2.05) is 0 Å². The summed E-state index contributed by atoms with van der Waals surface area (Å²) in [4.78, 5) is 16.1. The van der Waals surface area contributed by atoms with Crippen molar-refractivity contribution in [2.24, 2.45) is 0 Å². The van der Waals surface area contributed by atoms with E-state index >= 15 is 0 Å². The van der Waals surface area contributed by atoms with Crippen molar-refractivity contribution in [1.82, 2.24) is 4.47 Å². The molecule has 6 nitrogen and oxygen atoms in total. The topological polar surface area (TPSA) is 83.9 Å². The van der Waals surface area contributed by atoms with Gasteiger partial charge in [-0.25, -0.2) is 13.2 Å². The van der Waals surface area contributed by atoms with Crippen LogP contribution in [0.2, 0.25) is 0 Å². The van der Waals surface area contributed by atoms with Crippen molar-refractivity contribution < 1.29 is 23.2 Å². The summed E-state index contributed by atoms with van der Waals surface area (Å²) in [6, 6.07) is 4.04. The number of aromatic carboxylic acids is 1. The van der Waals surface area contributed by atoms with Gasteiger partial charge in [-0.2, -0.15) is 0 Å². The van der Waals surface area contributed by atoms with E-state index in [-0.39, 0.29) is 10.5 Å². The van der Waals surface area contributed by atoms with E-state index in [4.69, 9.17) is 9.94 Å². The maximum Gasteiger partial charge on any atom is 0.335 e. The molecule has 1 saturated heterocycles. The quantitative estimate of drug-likeness (QED) is 0.907. The fourth-order valence-electron chi connectivity index (χ4n) is 1.88. The van der Waals surface area contributed by atoms with Gasteiger partial charge in [0.1, 0.15) is 0 Å². The van der Waals surface area contributed by atoms with Gasteiger partial charge in [0.2, 0.25) is 0 Å². The van der Waals surface area contributed by atoms with Crippen LogP contribution in [0.15, 0.2) is 23.1 Å². The first-order valence-corrected chi connectivity index (χ1v) is 7.36. The van der Waals surface area contributed by atoms with Gasteiger partial charge < -0.3 is 5.11 Å². The third-order valence-corrected chi connectivity index (χ3v) is 4.77. The summed E-state index contributed by atoms with van der Waals surface area (Å²) in [5.41, 5.74) is 0.445. The molecule has 0 amide bonds. The largest absolute Gasteiger partial charge is 0.478 e. The molecule has 0 aromatic heterocycles. The molecule has 1 aliphatic heterocycles. The van der Waals surface area contributed by atoms with Crippen molar-refractivity contribution in [3.8, 4) is 0 Å². The summed E-state index contributed by atoms with van der Waals surface area (Å²) in [5.74, 6) is -1.16. The Labute approximate surface area is 111 Å². The first kappa shape index (κ1) is 14.0. The highest BCUT2D eigenvalue weighted by Gasteiger charge is 2.29. The Morgan fingerprint density at radius 3 is 2.68 bits per heavy atom. The van der Waals surface area contributed by atoms with Crippen molar-refractivity contribution >= 4 is 16.0 Å². The average molecular weight is 285 g/mol. The standard InChI is InChI=1S/C12H15NO5S/c1-9-4-5-10(12(14)15)8-11(9)19(16,17)13-6-2-3-7-18-13/h4-5,8H,2-3,6-7H2,1H3,(H,14,15). The third-order valence-electron chi connectivity index (χ3n) is 2.95. The van der Waals surface area contributed by atoms with Crippen LogP contribution >= 0.6 is 0 Å². The van der Waals surface area contributed by atoms with E-state index < -0.39 is 16.0 Å². The van der Waals surface area contributed by atoms with Crippen molar-refractivity contribution in [2.75, 3.05) is 13.2 Å². The van der Waals surface area contributed by atoms with Crippen molar-refractivity contribution in [3.63, 3.8) is 0 Å². The Hall–Kier alpha value is -1.44. The summed E-state index contributed by atoms with van der Waals surface area (Å²) in [7, 11) is -3.80. The van der Waals surface area contributed by atoms with Crippen molar-refractivity contribution in [1.29, 1.82) is 0 Å². The van der Waals surface area contributed by atoms with Gasteiger partial charge in [-0.05, 0) is 37.5 Å². The third kappa shape index (κ3) is 2.78. The molecule has 1 fully saturated rings. The Morgan fingerprint density at radius 1 is 1.37 bits per heavy atom. The molecule has 0 radical (unpaired) electrons. The maximum atomic E-state index is 12.4. The fourth-order valence-corrected chi connectivity index (χ4v) is 3.44. The minimum atomic E-state index is -3.80. The molecule has 2 rings (SSSR count). The van der Waals surface area contributed by atoms with Crippen LogP contribution < -0.4 is 0 Å². The number of nitrogens with zero attached hydrogens (tertiary/aromatic N) is 1. The van der Waals surface area contributed by atoms with E-state index in [9.17, 15) is 13.2 Å². The van der Waals surface area contributed by atoms with Crippen LogP contribution in [0, 0.1) is 6.92 Å². The first-order valence-electron chi connectivity index (χ1n) is 5.92. The number of carbonyl (C=O) groups is 1. The number of aryl methyl sites for hydroxylation is 1. The molecule has 104 valence electrons. The molecule has 0 unspecified atom stereocenters. The van der Waals surface area contributed by atoms with Gasteiger partial charge in [-0.1, -0.05) is 10.5 Å². The lowest BCUT2D eigenvalue weighted by Crippen LogP contribution is -2.36. The number of sulfonamides is 1. The summed E-state index contributed by atoms with van der Waals surface area (Å²) in [6.45, 7) is 2.28. The highest BCUT2D eigenvalue weighted by molar-refractivity contribution is 7.89. The molecular formula is C12H15NO5S. The van der Waals surface area contributed by atoms with Gasteiger partial charge in [-0.3, -0.25) is 4.84 Å². The molecular weight excluding hydrogens is 270 g/mol. The Morgan fingerprint density at radius 2 is 2.11 bits per heavy atom. The zero-order chi connectivity index (χ0) is 14.0. The lowest BCUT2D eigenvalue weighted by molar-refractivity contribution is -0.108. The molecule has 1 aliphatic rings. The monoisotopic (exact) mass is 285 g/mol. The predicted octanol–water partition coefficient (Wildman–Crippen LogP) is 1.41. The normalized spacial score (nSPS) is 17.3. The average Bonchev–Trinajstić information content (AvgIpc) is 2.39. The minimum absolute atomic E-state index is 0.0192. The smallest absolute Gasteiger partial charge is 0.335 e. The number of hydrogen-bond acceptors (Lipinski definition) is 4. The van der Waals surface area contributed by atoms with Crippen molar-refractivity contribution in [2.45, 2.75) is 24.7 Å². The molecule has 0 aliphatic carbocycles. The zero-order valence-electron chi connectivity index (χ0n) is 10.5. The molecule has 1 heterocycles. The number of benzene rings is 1. The summed E-state index contributed by atoms with van der Waals surface area (Å²) >= 11 is 0. The van der Waals surface area contributed by atoms with E-state index in [0.29, 0.717) is 18.7 Å². The molecule has 0 atom stereocenters. The van der Waals surface area contributed by atoms with Gasteiger partial charge in [0.15, 0.2) is 0 Å². The highest BCUT2D eigenvalue weighted by atomic mass is 32.2. The second kappa shape index (κ2) is 5.28. The number of carboxylic acid groups (broad SMARTS) is 1. The summed E-state index contributed by atoms with van der Waals surface area (Å²) in [6.07, 6.45) is 1.55. The van der Waals surface area contributed by atoms with Crippen LogP contribution in [-0.4, -0.2) is 37.1 Å². The van der Waals surface area contributed by atoms with E-state index in [1.54, 1.807) is 6.92 Å². The molecule has 7 heteroatoms. The Kier molecular flexibility index (Phi) is 3.88. The summed E-state index contributed by atoms with van der Waals surface area (Å²) < 4.78 is 25.7. The van der Waals surface area contributed by atoms with Gasteiger partial charge >= 0.3 is 5.97 Å². The number of carboxylic acids is 1. The molecule has 1 N–H and O–H groups in total. The van der Waals surface area contributed by atoms with Gasteiger partial charge in [0.25, 0.3) is 10.0 Å². The molecule has 0 spiro atoms. The molecule has 0 saturated carbocycles. The van der Waals surface area contributed by atoms with Crippen LogP contribution in [-0.2, 0) is 14.9 Å². The van der Waals surface area contributed by atoms with Gasteiger partial charge in [0, 0.05) is 6.54 Å². The van der Waals surface area contributed by atoms with E-state index in [2.05, 4.69) is 0 Å². The van der Waals surface area contributed by atoms with Crippen molar-refractivity contribution in [3.05, 3.63) is 29.3 Å². The lowest BCUT2D eigenvalue weighted by Gasteiger charge is -2.25. The van der Waals surface area contributed by atoms with Crippen LogP contribution in [0.1, 0.15) is 28.8 Å². The van der Waals surface area contributed by atoms with Gasteiger partial charge in [-0.15, -0.1) is 0 Å². The second-order valence-electron chi connectivity index (χ2n) is 4.36. The number of rotatable bonds is 3. The fraction of sp³-hybridized carbons (Fsp3) is 0.417. The Balaban J connectivity index is 2.44. The zero-order valence-corrected chi connectivity index (χ0v) is 11.3. The Bertz CT molecular complexity index is 590. The molecule has 19 heavy (non-hydrogen) atoms. The van der Waals surface area contributed by atoms with E-state index in [1.165, 1.54) is 18.2 Å². The number of hydrogen-bond donors (Lipinski definition) is 1.